The van der Waals surface area contributed by atoms with Crippen molar-refractivity contribution in [3.63, 3.8) is 0 Å². The number of carbonyl (C=O) groups is 1. The molecule has 150 valence electrons. The van der Waals surface area contributed by atoms with Crippen LogP contribution in [0.3, 0.4) is 0 Å². The molecule has 4 aliphatic carbocycles. The molecule has 0 aromatic heterocycles. The molecule has 0 spiro atoms. The van der Waals surface area contributed by atoms with E-state index in [2.05, 4.69) is 20.8 Å². The van der Waals surface area contributed by atoms with Crippen LogP contribution in [0.25, 0.3) is 0 Å². The van der Waals surface area contributed by atoms with E-state index in [9.17, 15) is 9.90 Å². The summed E-state index contributed by atoms with van der Waals surface area (Å²) in [6, 6.07) is 0. The molecule has 7 atom stereocenters. The van der Waals surface area contributed by atoms with Crippen molar-refractivity contribution in [3.05, 3.63) is 11.6 Å². The summed E-state index contributed by atoms with van der Waals surface area (Å²) < 4.78 is 12.2. The number of allylic oxidation sites excluding steroid dienone is 1. The second-order valence-electron chi connectivity index (χ2n) is 10.5. The van der Waals surface area contributed by atoms with Gasteiger partial charge in [0.15, 0.2) is 11.6 Å². The maximum absolute atomic E-state index is 12.0. The lowest BCUT2D eigenvalue weighted by molar-refractivity contribution is -0.224. The van der Waals surface area contributed by atoms with Crippen molar-refractivity contribution in [1.82, 2.24) is 0 Å². The zero-order valence-corrected chi connectivity index (χ0v) is 17.0. The second kappa shape index (κ2) is 5.90. The number of carbonyl (C=O) groups excluding carboxylic acids is 1. The second-order valence-corrected chi connectivity index (χ2v) is 10.5. The van der Waals surface area contributed by atoms with Crippen LogP contribution in [0, 0.1) is 34.5 Å². The smallest absolute Gasteiger partial charge is 0.169 e. The van der Waals surface area contributed by atoms with Crippen LogP contribution >= 0.6 is 0 Å². The van der Waals surface area contributed by atoms with Gasteiger partial charge in [0.2, 0.25) is 0 Å². The van der Waals surface area contributed by atoms with E-state index in [0.717, 1.165) is 32.1 Å². The topological polar surface area (TPSA) is 55.8 Å². The Morgan fingerprint density at radius 3 is 2.56 bits per heavy atom. The highest BCUT2D eigenvalue weighted by molar-refractivity contribution is 5.91. The Balaban J connectivity index is 1.50. The van der Waals surface area contributed by atoms with Crippen LogP contribution < -0.4 is 0 Å². The molecule has 0 aromatic rings. The van der Waals surface area contributed by atoms with Gasteiger partial charge >= 0.3 is 0 Å². The minimum atomic E-state index is -0.489. The van der Waals surface area contributed by atoms with Crippen LogP contribution in [0.5, 0.6) is 0 Å². The van der Waals surface area contributed by atoms with Crippen LogP contribution in [-0.4, -0.2) is 36.0 Å². The monoisotopic (exact) mass is 374 g/mol. The molecule has 5 aliphatic rings. The first kappa shape index (κ1) is 18.3. The maximum atomic E-state index is 12.0. The van der Waals surface area contributed by atoms with Crippen molar-refractivity contribution in [3.8, 4) is 0 Å². The average Bonchev–Trinajstić information content (AvgIpc) is 3.19. The molecule has 1 aliphatic heterocycles. The third-order valence-corrected chi connectivity index (χ3v) is 9.39. The SMILES string of the molecule is CC1([C@H]2CC[C@H]3[C@@H]4CCC5=CC(=O)CC[C@]5(C)[C@H]4[C@H](O)C[C@]23C)OCCO1. The summed E-state index contributed by atoms with van der Waals surface area (Å²) in [6.45, 7) is 8.20. The van der Waals surface area contributed by atoms with Crippen molar-refractivity contribution >= 4 is 5.78 Å². The molecule has 0 unspecified atom stereocenters. The lowest BCUT2D eigenvalue weighted by atomic mass is 9.45. The van der Waals surface area contributed by atoms with E-state index in [0.29, 0.717) is 43.3 Å². The fourth-order valence-corrected chi connectivity index (χ4v) is 8.28. The fraction of sp³-hybridized carbons (Fsp3) is 0.870. The van der Waals surface area contributed by atoms with Crippen molar-refractivity contribution in [2.45, 2.75) is 77.6 Å². The molecule has 4 heteroatoms. The Morgan fingerprint density at radius 1 is 1.07 bits per heavy atom. The van der Waals surface area contributed by atoms with Gasteiger partial charge in [-0.3, -0.25) is 4.79 Å². The van der Waals surface area contributed by atoms with Gasteiger partial charge in [-0.15, -0.1) is 0 Å². The Kier molecular flexibility index (Phi) is 4.00. The van der Waals surface area contributed by atoms with Gasteiger partial charge in [-0.1, -0.05) is 19.4 Å². The van der Waals surface area contributed by atoms with Gasteiger partial charge in [0.25, 0.3) is 0 Å². The summed E-state index contributed by atoms with van der Waals surface area (Å²) in [5, 5.41) is 11.4. The number of hydrogen-bond acceptors (Lipinski definition) is 4. The van der Waals surface area contributed by atoms with Gasteiger partial charge in [0.1, 0.15) is 0 Å². The highest BCUT2D eigenvalue weighted by atomic mass is 16.7. The molecule has 4 nitrogen and oxygen atoms in total. The van der Waals surface area contributed by atoms with Crippen LogP contribution in [0.15, 0.2) is 11.6 Å². The lowest BCUT2D eigenvalue weighted by Gasteiger charge is -2.60. The van der Waals surface area contributed by atoms with E-state index in [-0.39, 0.29) is 22.7 Å². The molecule has 5 rings (SSSR count). The number of aliphatic hydroxyl groups is 1. The van der Waals surface area contributed by atoms with Crippen LogP contribution in [0.4, 0.5) is 0 Å². The average molecular weight is 375 g/mol. The number of rotatable bonds is 1. The van der Waals surface area contributed by atoms with Gasteiger partial charge < -0.3 is 14.6 Å². The molecule has 0 radical (unpaired) electrons. The lowest BCUT2D eigenvalue weighted by Crippen LogP contribution is -2.58. The first-order valence-electron chi connectivity index (χ1n) is 11.0. The predicted molar refractivity (Wildman–Crippen MR) is 102 cm³/mol. The van der Waals surface area contributed by atoms with Crippen LogP contribution in [-0.2, 0) is 14.3 Å². The van der Waals surface area contributed by atoms with E-state index in [1.807, 2.05) is 6.08 Å². The summed E-state index contributed by atoms with van der Waals surface area (Å²) in [6.07, 6.45) is 8.48. The highest BCUT2D eigenvalue weighted by Crippen LogP contribution is 2.68. The van der Waals surface area contributed by atoms with Crippen molar-refractivity contribution < 1.29 is 19.4 Å². The predicted octanol–water partition coefficient (Wildman–Crippen LogP) is 3.87. The minimum absolute atomic E-state index is 0.0000791. The first-order chi connectivity index (χ1) is 12.8. The van der Waals surface area contributed by atoms with Crippen LogP contribution in [0.1, 0.15) is 65.7 Å². The van der Waals surface area contributed by atoms with Gasteiger partial charge in [0, 0.05) is 12.3 Å². The Morgan fingerprint density at radius 2 is 1.81 bits per heavy atom. The van der Waals surface area contributed by atoms with Gasteiger partial charge in [-0.2, -0.15) is 0 Å². The zero-order chi connectivity index (χ0) is 19.0. The molecule has 3 saturated carbocycles. The molecule has 0 aromatic carbocycles. The quantitative estimate of drug-likeness (QED) is 0.757. The van der Waals surface area contributed by atoms with Crippen molar-refractivity contribution in [1.29, 1.82) is 0 Å². The standard InChI is InChI=1S/C23H34O4/c1-21-9-8-15(24)12-14(21)4-5-16-17-6-7-19(23(3)26-10-11-27-23)22(17,2)13-18(25)20(16)21/h12,16-20,25H,4-11,13H2,1-3H3/t16-,17-,18+,19-,20+,21-,22-/m0/s1. The summed E-state index contributed by atoms with van der Waals surface area (Å²) in [7, 11) is 0. The Bertz CT molecular complexity index is 678. The molecule has 1 heterocycles. The zero-order valence-electron chi connectivity index (χ0n) is 17.0. The molecular weight excluding hydrogens is 340 g/mol. The van der Waals surface area contributed by atoms with Crippen LogP contribution in [0.2, 0.25) is 0 Å². The largest absolute Gasteiger partial charge is 0.393 e. The Labute approximate surface area is 162 Å². The molecule has 27 heavy (non-hydrogen) atoms. The first-order valence-corrected chi connectivity index (χ1v) is 11.0. The Hall–Kier alpha value is -0.710. The number of aliphatic hydroxyl groups excluding tert-OH is 1. The van der Waals surface area contributed by atoms with E-state index in [4.69, 9.17) is 9.47 Å². The normalized spacial score (nSPS) is 51.3. The summed E-state index contributed by atoms with van der Waals surface area (Å²) in [5.74, 6) is 1.60. The molecular formula is C23H34O4. The van der Waals surface area contributed by atoms with Gasteiger partial charge in [-0.05, 0) is 80.1 Å². The van der Waals surface area contributed by atoms with E-state index >= 15 is 0 Å². The molecule has 4 fully saturated rings. The number of hydrogen-bond donors (Lipinski definition) is 1. The highest BCUT2D eigenvalue weighted by Gasteiger charge is 2.65. The number of ether oxygens (including phenoxy) is 2. The third-order valence-electron chi connectivity index (χ3n) is 9.39. The summed E-state index contributed by atoms with van der Waals surface area (Å²) >= 11 is 0. The summed E-state index contributed by atoms with van der Waals surface area (Å²) in [4.78, 5) is 12.0. The molecule has 1 saturated heterocycles. The van der Waals surface area contributed by atoms with Crippen molar-refractivity contribution in [2.24, 2.45) is 34.5 Å². The van der Waals surface area contributed by atoms with E-state index in [1.54, 1.807) is 0 Å². The number of ketones is 1. The number of fused-ring (bicyclic) bond motifs is 5. The fourth-order valence-electron chi connectivity index (χ4n) is 8.28. The van der Waals surface area contributed by atoms with Gasteiger partial charge in [0.05, 0.1) is 19.3 Å². The van der Waals surface area contributed by atoms with E-state index in [1.165, 1.54) is 12.0 Å². The third kappa shape index (κ3) is 2.42. The minimum Gasteiger partial charge on any atom is -0.393 e. The van der Waals surface area contributed by atoms with Gasteiger partial charge in [-0.25, -0.2) is 0 Å². The van der Waals surface area contributed by atoms with Crippen molar-refractivity contribution in [2.75, 3.05) is 13.2 Å². The molecule has 0 bridgehead atoms. The maximum Gasteiger partial charge on any atom is 0.169 e. The van der Waals surface area contributed by atoms with E-state index < -0.39 is 5.79 Å². The molecule has 0 amide bonds. The molecule has 1 N–H and O–H groups in total. The summed E-state index contributed by atoms with van der Waals surface area (Å²) in [5.41, 5.74) is 1.38.